The Kier molecular flexibility index (Phi) is 17.5. The third-order valence-electron chi connectivity index (χ3n) is 10.0. The zero-order valence-corrected chi connectivity index (χ0v) is 34.7. The number of H-pyrrole nitrogens is 1. The van der Waals surface area contributed by atoms with Crippen LogP contribution in [0.2, 0.25) is 0 Å². The number of aliphatic carboxylic acids is 2. The van der Waals surface area contributed by atoms with E-state index in [2.05, 4.69) is 31.6 Å². The van der Waals surface area contributed by atoms with Gasteiger partial charge in [0.15, 0.2) is 0 Å². The zero-order chi connectivity index (χ0) is 45.5. The number of para-hydroxylation sites is 1. The highest BCUT2D eigenvalue weighted by Crippen LogP contribution is 2.19. The van der Waals surface area contributed by atoms with Gasteiger partial charge >= 0.3 is 11.9 Å². The number of aliphatic hydroxyl groups excluding tert-OH is 1. The predicted octanol–water partition coefficient (Wildman–Crippen LogP) is 1.03. The first-order valence-corrected chi connectivity index (χ1v) is 20.2. The molecule has 7 atom stereocenters. The van der Waals surface area contributed by atoms with E-state index in [1.54, 1.807) is 50.4 Å². The molecule has 18 nitrogen and oxygen atoms in total. The van der Waals surface area contributed by atoms with Gasteiger partial charge < -0.3 is 57.7 Å². The van der Waals surface area contributed by atoms with Crippen molar-refractivity contribution in [3.05, 3.63) is 102 Å². The minimum Gasteiger partial charge on any atom is -0.508 e. The summed E-state index contributed by atoms with van der Waals surface area (Å²) in [5.74, 6) is -7.31. The first kappa shape index (κ1) is 47.9. The number of carbonyl (C=O) groups is 7. The molecule has 5 amide bonds. The molecule has 4 rings (SSSR count). The molecule has 0 aliphatic heterocycles. The van der Waals surface area contributed by atoms with E-state index in [-0.39, 0.29) is 37.4 Å². The number of hydrogen-bond acceptors (Lipinski definition) is 10. The number of hydrogen-bond donors (Lipinski definition) is 11. The second kappa shape index (κ2) is 22.7. The molecule has 1 aromatic heterocycles. The van der Waals surface area contributed by atoms with Crippen molar-refractivity contribution in [2.75, 3.05) is 0 Å². The summed E-state index contributed by atoms with van der Waals surface area (Å²) in [7, 11) is 0. The third kappa shape index (κ3) is 14.4. The average Bonchev–Trinajstić information content (AvgIpc) is 3.63. The Hall–Kier alpha value is -6.79. The summed E-state index contributed by atoms with van der Waals surface area (Å²) in [5.41, 5.74) is 8.95. The number of rotatable bonds is 23. The highest BCUT2D eigenvalue weighted by molar-refractivity contribution is 5.97. The van der Waals surface area contributed by atoms with Gasteiger partial charge in [0.25, 0.3) is 0 Å². The molecule has 0 aliphatic rings. The van der Waals surface area contributed by atoms with Gasteiger partial charge in [-0.1, -0.05) is 74.5 Å². The second-order valence-corrected chi connectivity index (χ2v) is 15.6. The number of benzene rings is 3. The summed E-state index contributed by atoms with van der Waals surface area (Å²) in [6.07, 6.45) is -0.848. The van der Waals surface area contributed by atoms with E-state index >= 15 is 0 Å². The number of nitrogens with one attached hydrogen (secondary N) is 6. The SMILES string of the molecule is CC(C)C[C@H](NC(=O)[C@H](Cc1ccccc1)NC(=O)[C@@H](NC(=O)[C@@H](N)Cc1c[nH]c2ccccc12)[C@@H](C)O)C(=O)N[C@@H](CCC(=O)O)C(=O)N[C@@H](Cc1ccc(O)cc1)C(=O)O. The maximum atomic E-state index is 14.1. The van der Waals surface area contributed by atoms with E-state index in [0.29, 0.717) is 11.1 Å². The van der Waals surface area contributed by atoms with E-state index in [1.807, 2.05) is 24.3 Å². The summed E-state index contributed by atoms with van der Waals surface area (Å²) in [6, 6.07) is 13.3. The Morgan fingerprint density at radius 3 is 1.81 bits per heavy atom. The predicted molar refractivity (Wildman–Crippen MR) is 227 cm³/mol. The number of carbonyl (C=O) groups excluding carboxylic acids is 5. The van der Waals surface area contributed by atoms with Crippen LogP contribution in [-0.2, 0) is 52.8 Å². The van der Waals surface area contributed by atoms with E-state index in [1.165, 1.54) is 31.2 Å². The van der Waals surface area contributed by atoms with Gasteiger partial charge in [0.05, 0.1) is 12.1 Å². The molecule has 0 bridgehead atoms. The molecule has 62 heavy (non-hydrogen) atoms. The molecule has 0 saturated heterocycles. The first-order valence-electron chi connectivity index (χ1n) is 20.2. The van der Waals surface area contributed by atoms with Crippen LogP contribution >= 0.6 is 0 Å². The Bertz CT molecular complexity index is 2180. The summed E-state index contributed by atoms with van der Waals surface area (Å²) in [6.45, 7) is 4.82. The normalized spacial score (nSPS) is 14.6. The Morgan fingerprint density at radius 2 is 1.18 bits per heavy atom. The molecule has 1 heterocycles. The van der Waals surface area contributed by atoms with Crippen LogP contribution in [0.4, 0.5) is 0 Å². The number of aromatic amines is 1. The fourth-order valence-corrected chi connectivity index (χ4v) is 6.74. The lowest BCUT2D eigenvalue weighted by atomic mass is 9.99. The number of phenols is 1. The average molecular weight is 858 g/mol. The summed E-state index contributed by atoms with van der Waals surface area (Å²) in [5, 5.41) is 53.0. The van der Waals surface area contributed by atoms with E-state index in [9.17, 15) is 54.0 Å². The van der Waals surface area contributed by atoms with Crippen molar-refractivity contribution in [3.63, 3.8) is 0 Å². The van der Waals surface area contributed by atoms with Crippen LogP contribution in [0, 0.1) is 5.92 Å². The van der Waals surface area contributed by atoms with Gasteiger partial charge in [0.1, 0.15) is 36.0 Å². The number of phenolic OH excluding ortho intramolecular Hbond substituents is 1. The van der Waals surface area contributed by atoms with Crippen molar-refractivity contribution in [1.82, 2.24) is 31.6 Å². The van der Waals surface area contributed by atoms with Gasteiger partial charge in [-0.2, -0.15) is 0 Å². The smallest absolute Gasteiger partial charge is 0.326 e. The lowest BCUT2D eigenvalue weighted by Gasteiger charge is -2.28. The molecule has 0 saturated carbocycles. The number of aromatic hydroxyl groups is 1. The molecule has 18 heteroatoms. The van der Waals surface area contributed by atoms with Crippen LogP contribution in [-0.4, -0.2) is 109 Å². The molecule has 332 valence electrons. The van der Waals surface area contributed by atoms with Gasteiger partial charge in [-0.25, -0.2) is 4.79 Å². The topological polar surface area (TPSA) is 302 Å². The fourth-order valence-electron chi connectivity index (χ4n) is 6.74. The van der Waals surface area contributed by atoms with Gasteiger partial charge in [-0.15, -0.1) is 0 Å². The quantitative estimate of drug-likeness (QED) is 0.0499. The van der Waals surface area contributed by atoms with Crippen molar-refractivity contribution < 1.29 is 54.0 Å². The molecule has 3 aromatic carbocycles. The van der Waals surface area contributed by atoms with Gasteiger partial charge in [0.2, 0.25) is 29.5 Å². The molecular formula is C44H55N7O11. The summed E-state index contributed by atoms with van der Waals surface area (Å²) < 4.78 is 0. The van der Waals surface area contributed by atoms with Crippen LogP contribution in [0.25, 0.3) is 10.9 Å². The summed E-state index contributed by atoms with van der Waals surface area (Å²) >= 11 is 0. The maximum absolute atomic E-state index is 14.1. The van der Waals surface area contributed by atoms with Crippen LogP contribution in [0.5, 0.6) is 5.75 Å². The second-order valence-electron chi connectivity index (χ2n) is 15.6. The van der Waals surface area contributed by atoms with Crippen LogP contribution < -0.4 is 32.3 Å². The molecule has 0 unspecified atom stereocenters. The molecule has 0 spiro atoms. The lowest BCUT2D eigenvalue weighted by molar-refractivity contribution is -0.143. The first-order chi connectivity index (χ1) is 29.4. The van der Waals surface area contributed by atoms with Crippen molar-refractivity contribution in [2.24, 2.45) is 11.7 Å². The van der Waals surface area contributed by atoms with Crippen LogP contribution in [0.1, 0.15) is 56.7 Å². The van der Waals surface area contributed by atoms with Gasteiger partial charge in [-0.05, 0) is 67.0 Å². The molecule has 12 N–H and O–H groups in total. The Morgan fingerprint density at radius 1 is 0.629 bits per heavy atom. The monoisotopic (exact) mass is 857 g/mol. The zero-order valence-electron chi connectivity index (χ0n) is 34.7. The number of fused-ring (bicyclic) bond motifs is 1. The standard InChI is InChI=1S/C44H55N7O11/c1-24(2)19-34(41(58)47-33(17-18-37(54)55)40(57)50-36(44(61)62)21-27-13-15-29(53)16-14-27)48-42(59)35(20-26-9-5-4-6-10-26)49-43(60)38(25(3)52)51-39(56)31(45)22-28-23-46-32-12-8-7-11-30(28)32/h4-16,23-25,31,33-36,38,46,52-53H,17-22,45H2,1-3H3,(H,47,58)(H,48,59)(H,49,60)(H,50,57)(H,51,56)(H,54,55)(H,61,62)/t25-,31+,33+,34+,35+,36+,38+/m1/s1. The molecule has 0 radical (unpaired) electrons. The van der Waals surface area contributed by atoms with E-state index in [0.717, 1.165) is 16.5 Å². The third-order valence-corrected chi connectivity index (χ3v) is 10.0. The number of carboxylic acid groups (broad SMARTS) is 2. The van der Waals surface area contributed by atoms with E-state index in [4.69, 9.17) is 5.73 Å². The van der Waals surface area contributed by atoms with Crippen molar-refractivity contribution in [2.45, 2.75) is 102 Å². The molecule has 0 fully saturated rings. The largest absolute Gasteiger partial charge is 0.508 e. The molecular weight excluding hydrogens is 803 g/mol. The number of amides is 5. The fraction of sp³-hybridized carbons (Fsp3) is 0.386. The number of aromatic nitrogens is 1. The highest BCUT2D eigenvalue weighted by atomic mass is 16.4. The highest BCUT2D eigenvalue weighted by Gasteiger charge is 2.35. The number of aliphatic hydroxyl groups is 1. The van der Waals surface area contributed by atoms with Crippen molar-refractivity contribution >= 4 is 52.4 Å². The number of nitrogens with two attached hydrogens (primary N) is 1. The van der Waals surface area contributed by atoms with Crippen LogP contribution in [0.3, 0.4) is 0 Å². The molecule has 4 aromatic rings. The van der Waals surface area contributed by atoms with Crippen LogP contribution in [0.15, 0.2) is 85.1 Å². The lowest BCUT2D eigenvalue weighted by Crippen LogP contribution is -2.61. The van der Waals surface area contributed by atoms with Crippen molar-refractivity contribution in [3.8, 4) is 5.75 Å². The minimum absolute atomic E-state index is 0.0239. The Balaban J connectivity index is 1.51. The maximum Gasteiger partial charge on any atom is 0.326 e. The minimum atomic E-state index is -1.55. The summed E-state index contributed by atoms with van der Waals surface area (Å²) in [4.78, 5) is 95.4. The van der Waals surface area contributed by atoms with Gasteiger partial charge in [0, 0.05) is 36.4 Å². The number of carboxylic acids is 2. The van der Waals surface area contributed by atoms with Gasteiger partial charge in [-0.3, -0.25) is 28.8 Å². The van der Waals surface area contributed by atoms with Crippen molar-refractivity contribution in [1.29, 1.82) is 0 Å². The van der Waals surface area contributed by atoms with E-state index < -0.39 is 96.7 Å². The molecule has 0 aliphatic carbocycles. The Labute approximate surface area is 358 Å².